The quantitative estimate of drug-likeness (QED) is 0.819. The molecule has 0 N–H and O–H groups in total. The Labute approximate surface area is 148 Å². The van der Waals surface area contributed by atoms with E-state index in [2.05, 4.69) is 4.98 Å². The van der Waals surface area contributed by atoms with Crippen molar-refractivity contribution in [1.29, 1.82) is 0 Å². The maximum Gasteiger partial charge on any atom is 0.246 e. The minimum Gasteiger partial charge on any atom is -0.344 e. The maximum absolute atomic E-state index is 12.7. The Balaban J connectivity index is 1.93. The van der Waals surface area contributed by atoms with Gasteiger partial charge in [-0.25, -0.2) is 0 Å². The number of pyridine rings is 1. The van der Waals surface area contributed by atoms with Gasteiger partial charge in [0.05, 0.1) is 5.88 Å². The van der Waals surface area contributed by atoms with Gasteiger partial charge in [-0.2, -0.15) is 0 Å². The van der Waals surface area contributed by atoms with Crippen molar-refractivity contribution >= 4 is 23.6 Å². The Kier molecular flexibility index (Phi) is 6.27. The first kappa shape index (κ1) is 18.8. The first-order valence-corrected chi connectivity index (χ1v) is 9.45. The molecule has 0 radical (unpaired) electrons. The molecule has 2 rings (SSSR count). The summed E-state index contributed by atoms with van der Waals surface area (Å²) < 4.78 is 0. The van der Waals surface area contributed by atoms with Crippen LogP contribution in [0.25, 0.3) is 0 Å². The third-order valence-corrected chi connectivity index (χ3v) is 4.99. The second-order valence-electron chi connectivity index (χ2n) is 7.45. The molecule has 24 heavy (non-hydrogen) atoms. The summed E-state index contributed by atoms with van der Waals surface area (Å²) in [6.07, 6.45) is 2.95. The van der Waals surface area contributed by atoms with Crippen molar-refractivity contribution in [3.05, 3.63) is 30.1 Å². The van der Waals surface area contributed by atoms with E-state index >= 15 is 0 Å². The number of amides is 2. The number of hydrogen-bond acceptors (Lipinski definition) is 4. The first-order chi connectivity index (χ1) is 11.3. The molecule has 132 valence electrons. The topological polar surface area (TPSA) is 53.5 Å². The molecule has 5 nitrogen and oxygen atoms in total. The van der Waals surface area contributed by atoms with Crippen molar-refractivity contribution < 1.29 is 9.59 Å². The van der Waals surface area contributed by atoms with Gasteiger partial charge in [0.2, 0.25) is 11.8 Å². The number of nitrogens with zero attached hydrogens (tertiary/aromatic N) is 3. The fraction of sp³-hybridized carbons (Fsp3) is 0.611. The fourth-order valence-corrected chi connectivity index (χ4v) is 3.81. The van der Waals surface area contributed by atoms with Gasteiger partial charge in [0.25, 0.3) is 0 Å². The standard InChI is InChI=1S/C18H27N3O2S/c1-18(2,3)11-16(22)21-13-24-12-15(21)17(23)20(4)10-8-14-7-5-6-9-19-14/h5-7,9,15H,8,10-13H2,1-4H3. The highest BCUT2D eigenvalue weighted by molar-refractivity contribution is 7.99. The van der Waals surface area contributed by atoms with Crippen LogP contribution in [0.3, 0.4) is 0 Å². The zero-order valence-electron chi connectivity index (χ0n) is 15.0. The van der Waals surface area contributed by atoms with E-state index in [0.717, 1.165) is 12.1 Å². The summed E-state index contributed by atoms with van der Waals surface area (Å²) in [4.78, 5) is 33.0. The Hall–Kier alpha value is -1.56. The maximum atomic E-state index is 12.7. The van der Waals surface area contributed by atoms with Gasteiger partial charge in [-0.3, -0.25) is 14.6 Å². The Morgan fingerprint density at radius 1 is 1.38 bits per heavy atom. The SMILES string of the molecule is CN(CCc1ccccn1)C(=O)C1CSCN1C(=O)CC(C)(C)C. The average Bonchev–Trinajstić information content (AvgIpc) is 3.01. The van der Waals surface area contributed by atoms with E-state index in [1.165, 1.54) is 0 Å². The summed E-state index contributed by atoms with van der Waals surface area (Å²) >= 11 is 1.65. The molecule has 1 unspecified atom stereocenters. The van der Waals surface area contributed by atoms with Crippen LogP contribution in [0, 0.1) is 5.41 Å². The van der Waals surface area contributed by atoms with Gasteiger partial charge in [-0.1, -0.05) is 26.8 Å². The molecular weight excluding hydrogens is 322 g/mol. The van der Waals surface area contributed by atoms with Crippen molar-refractivity contribution in [3.8, 4) is 0 Å². The molecule has 0 aliphatic carbocycles. The predicted molar refractivity (Wildman–Crippen MR) is 97.6 cm³/mol. The van der Waals surface area contributed by atoms with Gasteiger partial charge in [-0.15, -0.1) is 11.8 Å². The highest BCUT2D eigenvalue weighted by Gasteiger charge is 2.37. The van der Waals surface area contributed by atoms with Gasteiger partial charge in [0.15, 0.2) is 0 Å². The Morgan fingerprint density at radius 2 is 2.12 bits per heavy atom. The zero-order valence-corrected chi connectivity index (χ0v) is 15.8. The van der Waals surface area contributed by atoms with Crippen LogP contribution in [0.15, 0.2) is 24.4 Å². The van der Waals surface area contributed by atoms with Gasteiger partial charge >= 0.3 is 0 Å². The molecule has 1 saturated heterocycles. The predicted octanol–water partition coefficient (Wildman–Crippen LogP) is 2.42. The van der Waals surface area contributed by atoms with E-state index < -0.39 is 0 Å². The number of hydrogen-bond donors (Lipinski definition) is 0. The summed E-state index contributed by atoms with van der Waals surface area (Å²) in [6, 6.07) is 5.46. The Bertz CT molecular complexity index is 571. The van der Waals surface area contributed by atoms with Crippen LogP contribution in [0.2, 0.25) is 0 Å². The van der Waals surface area contributed by atoms with E-state index in [9.17, 15) is 9.59 Å². The first-order valence-electron chi connectivity index (χ1n) is 8.30. The molecule has 1 atom stereocenters. The molecule has 2 heterocycles. The normalized spacial score (nSPS) is 17.8. The van der Waals surface area contributed by atoms with Crippen LogP contribution in [-0.2, 0) is 16.0 Å². The van der Waals surface area contributed by atoms with Crippen LogP contribution in [-0.4, -0.2) is 57.9 Å². The second kappa shape index (κ2) is 8.01. The molecule has 1 aliphatic rings. The smallest absolute Gasteiger partial charge is 0.246 e. The van der Waals surface area contributed by atoms with Gasteiger partial charge < -0.3 is 9.80 Å². The number of carbonyl (C=O) groups excluding carboxylic acids is 2. The molecular formula is C18H27N3O2S. The van der Waals surface area contributed by atoms with Crippen LogP contribution >= 0.6 is 11.8 Å². The number of aromatic nitrogens is 1. The minimum absolute atomic E-state index is 0.0261. The van der Waals surface area contributed by atoms with E-state index in [4.69, 9.17) is 0 Å². The van der Waals surface area contributed by atoms with Crippen molar-refractivity contribution in [2.24, 2.45) is 5.41 Å². The van der Waals surface area contributed by atoms with Crippen LogP contribution in [0.1, 0.15) is 32.9 Å². The lowest BCUT2D eigenvalue weighted by Crippen LogP contribution is -2.48. The molecule has 0 saturated carbocycles. The molecule has 0 spiro atoms. The molecule has 1 aromatic rings. The minimum atomic E-state index is -0.335. The lowest BCUT2D eigenvalue weighted by molar-refractivity contribution is -0.143. The number of likely N-dealkylation sites (N-methyl/N-ethyl adjacent to an activating group) is 1. The van der Waals surface area contributed by atoms with E-state index in [0.29, 0.717) is 24.6 Å². The van der Waals surface area contributed by atoms with Gasteiger partial charge in [0, 0.05) is 44.1 Å². The lowest BCUT2D eigenvalue weighted by atomic mass is 9.91. The number of rotatable bonds is 5. The summed E-state index contributed by atoms with van der Waals surface area (Å²) in [7, 11) is 1.81. The monoisotopic (exact) mass is 349 g/mol. The van der Waals surface area contributed by atoms with E-state index in [1.807, 2.05) is 39.0 Å². The Morgan fingerprint density at radius 3 is 2.75 bits per heavy atom. The largest absolute Gasteiger partial charge is 0.344 e. The van der Waals surface area contributed by atoms with Crippen LogP contribution < -0.4 is 0 Å². The van der Waals surface area contributed by atoms with Crippen LogP contribution in [0.4, 0.5) is 0 Å². The molecule has 0 aromatic carbocycles. The lowest BCUT2D eigenvalue weighted by Gasteiger charge is -2.29. The van der Waals surface area contributed by atoms with Gasteiger partial charge in [-0.05, 0) is 17.5 Å². The van der Waals surface area contributed by atoms with Crippen molar-refractivity contribution in [2.45, 2.75) is 39.7 Å². The molecule has 6 heteroatoms. The molecule has 0 bridgehead atoms. The molecule has 1 aliphatic heterocycles. The van der Waals surface area contributed by atoms with Gasteiger partial charge in [0.1, 0.15) is 6.04 Å². The highest BCUT2D eigenvalue weighted by atomic mass is 32.2. The summed E-state index contributed by atoms with van der Waals surface area (Å²) in [6.45, 7) is 6.75. The molecule has 1 aromatic heterocycles. The summed E-state index contributed by atoms with van der Waals surface area (Å²) in [5.41, 5.74) is 0.904. The summed E-state index contributed by atoms with van der Waals surface area (Å²) in [5, 5.41) is 0. The zero-order chi connectivity index (χ0) is 17.7. The second-order valence-corrected chi connectivity index (χ2v) is 8.45. The average molecular weight is 350 g/mol. The van der Waals surface area contributed by atoms with E-state index in [1.54, 1.807) is 34.8 Å². The third-order valence-electron chi connectivity index (χ3n) is 3.98. The van der Waals surface area contributed by atoms with Crippen LogP contribution in [0.5, 0.6) is 0 Å². The highest BCUT2D eigenvalue weighted by Crippen LogP contribution is 2.27. The number of thioether (sulfide) groups is 1. The fourth-order valence-electron chi connectivity index (χ4n) is 2.64. The summed E-state index contributed by atoms with van der Waals surface area (Å²) in [5.74, 6) is 1.39. The molecule has 1 fully saturated rings. The third kappa shape index (κ3) is 5.23. The number of carbonyl (C=O) groups is 2. The van der Waals surface area contributed by atoms with E-state index in [-0.39, 0.29) is 23.3 Å². The van der Waals surface area contributed by atoms with Crippen molar-refractivity contribution in [1.82, 2.24) is 14.8 Å². The van der Waals surface area contributed by atoms with Crippen molar-refractivity contribution in [3.63, 3.8) is 0 Å². The van der Waals surface area contributed by atoms with Crippen molar-refractivity contribution in [2.75, 3.05) is 25.2 Å². The molecule has 2 amide bonds.